The Labute approximate surface area is 223 Å². The summed E-state index contributed by atoms with van der Waals surface area (Å²) in [4.78, 5) is 13.8. The zero-order chi connectivity index (χ0) is 27.3. The van der Waals surface area contributed by atoms with Crippen LogP contribution in [0.1, 0.15) is 63.6 Å². The molecule has 1 fully saturated rings. The van der Waals surface area contributed by atoms with Crippen molar-refractivity contribution in [3.8, 4) is 0 Å². The molecule has 0 aromatic carbocycles. The minimum absolute atomic E-state index is 0.0427. The van der Waals surface area contributed by atoms with Gasteiger partial charge in [0, 0.05) is 11.7 Å². The van der Waals surface area contributed by atoms with Crippen LogP contribution in [0.15, 0.2) is 41.6 Å². The first-order valence-electron chi connectivity index (χ1n) is 13.0. The number of aryl methyl sites for hydroxylation is 1. The third kappa shape index (κ3) is 10.9. The number of rotatable bonds is 14. The number of nitrogens with one attached hydrogen (secondary N) is 3. The third-order valence-electron chi connectivity index (χ3n) is 5.97. The highest BCUT2D eigenvalue weighted by atomic mass is 32.2. The smallest absolute Gasteiger partial charge is 0.367 e. The van der Waals surface area contributed by atoms with Gasteiger partial charge in [0.2, 0.25) is 5.95 Å². The van der Waals surface area contributed by atoms with Crippen molar-refractivity contribution in [1.82, 2.24) is 15.3 Å². The molecule has 2 atom stereocenters. The molecule has 3 N–H and O–H groups in total. The van der Waals surface area contributed by atoms with Gasteiger partial charge in [-0.25, -0.2) is 9.98 Å². The minimum Gasteiger partial charge on any atom is -0.367 e. The Hall–Kier alpha value is -2.33. The molecule has 1 heterocycles. The van der Waals surface area contributed by atoms with E-state index in [2.05, 4.69) is 46.3 Å². The second kappa shape index (κ2) is 15.8. The van der Waals surface area contributed by atoms with Crippen LogP contribution in [-0.4, -0.2) is 53.1 Å². The monoisotopic (exact) mass is 538 g/mol. The van der Waals surface area contributed by atoms with E-state index in [1.54, 1.807) is 13.0 Å². The quantitative estimate of drug-likeness (QED) is 0.104. The maximum absolute atomic E-state index is 12.9. The summed E-state index contributed by atoms with van der Waals surface area (Å²) in [6.07, 6.45) is 10.8. The highest BCUT2D eigenvalue weighted by Crippen LogP contribution is 2.31. The van der Waals surface area contributed by atoms with Crippen LogP contribution < -0.4 is 16.0 Å². The third-order valence-corrected chi connectivity index (χ3v) is 6.66. The van der Waals surface area contributed by atoms with Gasteiger partial charge in [-0.2, -0.15) is 18.2 Å². The number of alkyl halides is 3. The average Bonchev–Trinajstić information content (AvgIpc) is 3.28. The van der Waals surface area contributed by atoms with Crippen LogP contribution in [-0.2, 0) is 0 Å². The Bertz CT molecular complexity index is 958. The number of aromatic nitrogens is 2. The predicted octanol–water partition coefficient (Wildman–Crippen LogP) is 6.88. The predicted molar refractivity (Wildman–Crippen MR) is 152 cm³/mol. The van der Waals surface area contributed by atoms with Crippen molar-refractivity contribution in [2.75, 3.05) is 36.5 Å². The molecule has 1 saturated carbocycles. The maximum Gasteiger partial charge on any atom is 0.405 e. The van der Waals surface area contributed by atoms with Gasteiger partial charge in [-0.05, 0) is 70.4 Å². The maximum atomic E-state index is 12.9. The molecular formula is C27H41F3N6S. The summed E-state index contributed by atoms with van der Waals surface area (Å²) in [5.41, 5.74) is 2.21. The van der Waals surface area contributed by atoms with Crippen LogP contribution in [0.3, 0.4) is 0 Å². The van der Waals surface area contributed by atoms with E-state index in [0.29, 0.717) is 17.4 Å². The van der Waals surface area contributed by atoms with Gasteiger partial charge in [0.25, 0.3) is 0 Å². The first-order chi connectivity index (χ1) is 17.7. The summed E-state index contributed by atoms with van der Waals surface area (Å²) in [6, 6.07) is 0.182. The van der Waals surface area contributed by atoms with Gasteiger partial charge in [-0.15, -0.1) is 11.8 Å². The molecule has 2 rings (SSSR count). The van der Waals surface area contributed by atoms with Crippen molar-refractivity contribution in [3.05, 3.63) is 47.8 Å². The van der Waals surface area contributed by atoms with E-state index in [0.717, 1.165) is 67.9 Å². The lowest BCUT2D eigenvalue weighted by Gasteiger charge is -2.20. The van der Waals surface area contributed by atoms with E-state index >= 15 is 0 Å². The van der Waals surface area contributed by atoms with E-state index < -0.39 is 12.7 Å². The lowest BCUT2D eigenvalue weighted by molar-refractivity contribution is -0.115. The second-order valence-corrected chi connectivity index (χ2v) is 9.99. The summed E-state index contributed by atoms with van der Waals surface area (Å²) in [5, 5.41) is 10.1. The number of thioether (sulfide) groups is 1. The fourth-order valence-corrected chi connectivity index (χ4v) is 4.93. The van der Waals surface area contributed by atoms with Crippen molar-refractivity contribution in [1.29, 1.82) is 0 Å². The molecule has 1 aromatic heterocycles. The highest BCUT2D eigenvalue weighted by molar-refractivity contribution is 8.13. The molecule has 2 unspecified atom stereocenters. The topological polar surface area (TPSA) is 74.2 Å². The first kappa shape index (κ1) is 30.9. The molecule has 6 nitrogen and oxygen atoms in total. The molecule has 0 aliphatic heterocycles. The molecular weight excluding hydrogens is 497 g/mol. The molecule has 0 spiro atoms. The molecule has 0 bridgehead atoms. The van der Waals surface area contributed by atoms with E-state index in [-0.39, 0.29) is 12.0 Å². The Morgan fingerprint density at radius 1 is 1.19 bits per heavy atom. The van der Waals surface area contributed by atoms with Gasteiger partial charge in [0.05, 0.1) is 11.3 Å². The largest absolute Gasteiger partial charge is 0.405 e. The van der Waals surface area contributed by atoms with Crippen molar-refractivity contribution < 1.29 is 13.2 Å². The summed E-state index contributed by atoms with van der Waals surface area (Å²) < 4.78 is 38.6. The molecule has 0 saturated heterocycles. The van der Waals surface area contributed by atoms with Gasteiger partial charge >= 0.3 is 6.18 Å². The molecule has 1 aliphatic rings. The lowest BCUT2D eigenvalue weighted by atomic mass is 10.1. The van der Waals surface area contributed by atoms with Crippen molar-refractivity contribution in [3.63, 3.8) is 0 Å². The zero-order valence-electron chi connectivity index (χ0n) is 22.4. The van der Waals surface area contributed by atoms with Crippen LogP contribution >= 0.6 is 11.8 Å². The molecule has 10 heteroatoms. The van der Waals surface area contributed by atoms with Crippen molar-refractivity contribution in [2.24, 2.45) is 10.9 Å². The zero-order valence-corrected chi connectivity index (χ0v) is 23.2. The van der Waals surface area contributed by atoms with Gasteiger partial charge in [0.15, 0.2) is 0 Å². The van der Waals surface area contributed by atoms with Gasteiger partial charge in [-0.3, -0.25) is 0 Å². The van der Waals surface area contributed by atoms with Crippen molar-refractivity contribution in [2.45, 2.75) is 71.5 Å². The Morgan fingerprint density at radius 3 is 2.62 bits per heavy atom. The SMILES string of the molecule is C=C/C=C\C=C(/CCC)N=C(SC)c1c(C)nc(NCC(F)(F)F)nc1NC1CCC(CNCCC)C1. The van der Waals surface area contributed by atoms with Crippen LogP contribution in [0.25, 0.3) is 0 Å². The number of halogens is 3. The number of allylic oxidation sites excluding steroid dienone is 5. The number of anilines is 2. The summed E-state index contributed by atoms with van der Waals surface area (Å²) >= 11 is 1.47. The summed E-state index contributed by atoms with van der Waals surface area (Å²) in [6.45, 7) is 10.5. The molecule has 0 amide bonds. The Morgan fingerprint density at radius 2 is 1.97 bits per heavy atom. The van der Waals surface area contributed by atoms with Crippen LogP contribution in [0.5, 0.6) is 0 Å². The Kier molecular flexibility index (Phi) is 13.2. The summed E-state index contributed by atoms with van der Waals surface area (Å²) in [7, 11) is 0. The van der Waals surface area contributed by atoms with Crippen molar-refractivity contribution >= 4 is 28.6 Å². The molecule has 1 aromatic rings. The summed E-state index contributed by atoms with van der Waals surface area (Å²) in [5.74, 6) is 1.04. The Balaban J connectivity index is 2.42. The van der Waals surface area contributed by atoms with E-state index in [9.17, 15) is 13.2 Å². The first-order valence-corrected chi connectivity index (χ1v) is 14.2. The molecule has 0 radical (unpaired) electrons. The molecule has 206 valence electrons. The van der Waals surface area contributed by atoms with E-state index in [4.69, 9.17) is 4.99 Å². The van der Waals surface area contributed by atoms with Crippen LogP contribution in [0.4, 0.5) is 24.9 Å². The van der Waals surface area contributed by atoms with Crippen LogP contribution in [0, 0.1) is 12.8 Å². The highest BCUT2D eigenvalue weighted by Gasteiger charge is 2.29. The molecule has 1 aliphatic carbocycles. The number of aliphatic imine (C=N–C) groups is 1. The average molecular weight is 539 g/mol. The second-order valence-electron chi connectivity index (χ2n) is 9.20. The fraction of sp³-hybridized carbons (Fsp3) is 0.593. The van der Waals surface area contributed by atoms with E-state index in [1.807, 2.05) is 24.5 Å². The van der Waals surface area contributed by atoms with Gasteiger partial charge in [0.1, 0.15) is 17.4 Å². The minimum atomic E-state index is -4.36. The number of hydrogen-bond donors (Lipinski definition) is 3. The lowest BCUT2D eigenvalue weighted by Crippen LogP contribution is -2.25. The number of hydrogen-bond acceptors (Lipinski definition) is 7. The standard InChI is InChI=1S/C27H41F3N6S/c1-6-9-10-12-21(11-7-2)35-25(37-5)23-19(4)33-26(32-18-27(28,29)30)36-24(23)34-22-14-13-20(16-22)17-31-15-8-3/h6,9-10,12,20,22,31H,1,7-8,11,13-18H2,2-5H3,(H2,32,33,34,36)/b10-9-,21-12+,35-25?. The number of nitrogens with zero attached hydrogens (tertiary/aromatic N) is 3. The fourth-order valence-electron chi connectivity index (χ4n) is 4.27. The molecule has 37 heavy (non-hydrogen) atoms. The van der Waals surface area contributed by atoms with Crippen LogP contribution in [0.2, 0.25) is 0 Å². The van der Waals surface area contributed by atoms with E-state index in [1.165, 1.54) is 11.8 Å². The van der Waals surface area contributed by atoms with Gasteiger partial charge in [-0.1, -0.05) is 45.1 Å². The van der Waals surface area contributed by atoms with Gasteiger partial charge < -0.3 is 16.0 Å². The normalized spacial score (nSPS) is 19.0.